The van der Waals surface area contributed by atoms with Crippen molar-refractivity contribution in [2.45, 2.75) is 27.3 Å². The molecule has 1 fully saturated rings. The van der Waals surface area contributed by atoms with Gasteiger partial charge >= 0.3 is 170 Å². The standard InChI is InChI=1S/C16H22NS.C6H5.Pb/c1-2-3-11-17-12-9-16(10-13-17)18-14-15-7-5-4-6-8-15;1-2-4-6-5-3-1;/h2,4-8,14,16H,1,3,9-13H2;1-5H;. The topological polar surface area (TPSA) is 3.24 Å². The summed E-state index contributed by atoms with van der Waals surface area (Å²) in [5.41, 5.74) is 1.55. The molecule has 1 aliphatic rings. The van der Waals surface area contributed by atoms with Crippen LogP contribution in [-0.4, -0.2) is 54.0 Å². The number of rotatable bonds is 8. The number of nitrogens with zero attached hydrogens (tertiary/aromatic N) is 1. The van der Waals surface area contributed by atoms with Gasteiger partial charge in [-0.3, -0.25) is 0 Å². The molecule has 1 nitrogen and oxygen atoms in total. The van der Waals surface area contributed by atoms with Crippen molar-refractivity contribution in [3.8, 4) is 0 Å². The summed E-state index contributed by atoms with van der Waals surface area (Å²) in [6.07, 6.45) is 5.83. The Morgan fingerprint density at radius 1 is 1.04 bits per heavy atom. The number of likely N-dealkylation sites (tertiary alicyclic amines) is 1. The summed E-state index contributed by atoms with van der Waals surface area (Å²) in [6, 6.07) is 22.5. The molecule has 25 heavy (non-hydrogen) atoms. The third-order valence-electron chi connectivity index (χ3n) is 4.69. The van der Waals surface area contributed by atoms with Crippen LogP contribution in [0, 0.1) is 0 Å². The molecule has 0 bridgehead atoms. The van der Waals surface area contributed by atoms with Crippen molar-refractivity contribution in [2.24, 2.45) is 0 Å². The maximum absolute atomic E-state index is 3.85. The van der Waals surface area contributed by atoms with Gasteiger partial charge in [-0.2, -0.15) is 0 Å². The first-order chi connectivity index (χ1) is 12.3. The molecule has 2 aromatic rings. The fraction of sp³-hybridized carbons (Fsp3) is 0.364. The molecule has 1 heterocycles. The molecule has 1 atom stereocenters. The Labute approximate surface area is 169 Å². The van der Waals surface area contributed by atoms with Gasteiger partial charge in [-0.25, -0.2) is 0 Å². The van der Waals surface area contributed by atoms with Crippen LogP contribution in [0.15, 0.2) is 73.3 Å². The number of thioether (sulfide) groups is 1. The van der Waals surface area contributed by atoms with Crippen LogP contribution in [0.1, 0.15) is 27.6 Å². The minimum atomic E-state index is -0.910. The molecule has 2 aromatic carbocycles. The van der Waals surface area contributed by atoms with Crippen LogP contribution in [0.4, 0.5) is 0 Å². The minimum absolute atomic E-state index is 0.744. The molecule has 1 aliphatic heterocycles. The van der Waals surface area contributed by atoms with Crippen molar-refractivity contribution >= 4 is 39.1 Å². The molecule has 2 radical (unpaired) electrons. The van der Waals surface area contributed by atoms with Crippen LogP contribution in [0.5, 0.6) is 0 Å². The SMILES string of the molecule is C=CCCN1CCC(S[CH]([Pb][c]2ccccc2)c2ccccc2)CC1. The molecule has 1 unspecified atom stereocenters. The molecular formula is C22H27NPbS. The summed E-state index contributed by atoms with van der Waals surface area (Å²) in [7, 11) is 0. The summed E-state index contributed by atoms with van der Waals surface area (Å²) in [6.45, 7) is 7.55. The summed E-state index contributed by atoms with van der Waals surface area (Å²) >= 11 is 1.37. The van der Waals surface area contributed by atoms with Crippen molar-refractivity contribution in [1.82, 2.24) is 4.90 Å². The number of hydrogen-bond acceptors (Lipinski definition) is 2. The van der Waals surface area contributed by atoms with Crippen molar-refractivity contribution in [1.29, 1.82) is 0 Å². The Balaban J connectivity index is 1.61. The predicted molar refractivity (Wildman–Crippen MR) is 113 cm³/mol. The van der Waals surface area contributed by atoms with Gasteiger partial charge in [0, 0.05) is 0 Å². The summed E-state index contributed by atoms with van der Waals surface area (Å²) in [5.74, 6) is 0. The summed E-state index contributed by atoms with van der Waals surface area (Å²) < 4.78 is 2.38. The van der Waals surface area contributed by atoms with Gasteiger partial charge in [0.05, 0.1) is 0 Å². The Hall–Kier alpha value is -0.588. The van der Waals surface area contributed by atoms with E-state index in [0.29, 0.717) is 0 Å². The Bertz CT molecular complexity index is 623. The van der Waals surface area contributed by atoms with Crippen LogP contribution in [0.25, 0.3) is 0 Å². The Morgan fingerprint density at radius 2 is 1.68 bits per heavy atom. The predicted octanol–water partition coefficient (Wildman–Crippen LogP) is 4.49. The van der Waals surface area contributed by atoms with Gasteiger partial charge in [0.2, 0.25) is 0 Å². The van der Waals surface area contributed by atoms with Crippen molar-refractivity contribution in [3.05, 3.63) is 78.9 Å². The Morgan fingerprint density at radius 3 is 2.32 bits per heavy atom. The first kappa shape index (κ1) is 19.2. The second-order valence-corrected chi connectivity index (χ2v) is 15.2. The van der Waals surface area contributed by atoms with Crippen molar-refractivity contribution < 1.29 is 0 Å². The van der Waals surface area contributed by atoms with Gasteiger partial charge in [-0.05, 0) is 0 Å². The van der Waals surface area contributed by atoms with E-state index in [1.54, 1.807) is 8.69 Å². The zero-order chi connectivity index (χ0) is 17.3. The molecule has 130 valence electrons. The van der Waals surface area contributed by atoms with Crippen LogP contribution in [0.2, 0.25) is 0 Å². The third kappa shape index (κ3) is 6.26. The van der Waals surface area contributed by atoms with E-state index in [1.807, 2.05) is 6.08 Å². The van der Waals surface area contributed by atoms with E-state index in [2.05, 4.69) is 83.9 Å². The van der Waals surface area contributed by atoms with Gasteiger partial charge in [0.25, 0.3) is 0 Å². The number of benzene rings is 2. The first-order valence-electron chi connectivity index (χ1n) is 9.20. The average molecular weight is 545 g/mol. The van der Waals surface area contributed by atoms with Crippen molar-refractivity contribution in [3.63, 3.8) is 0 Å². The molecule has 0 amide bonds. The normalized spacial score (nSPS) is 17.3. The second-order valence-electron chi connectivity index (χ2n) is 6.56. The number of piperidine rings is 1. The summed E-state index contributed by atoms with van der Waals surface area (Å²) in [5, 5.41) is 0.821. The van der Waals surface area contributed by atoms with E-state index in [1.165, 1.54) is 32.5 Å². The molecule has 0 aliphatic carbocycles. The van der Waals surface area contributed by atoms with Gasteiger partial charge in [0.1, 0.15) is 0 Å². The fourth-order valence-electron chi connectivity index (χ4n) is 3.24. The van der Waals surface area contributed by atoms with E-state index in [9.17, 15) is 0 Å². The van der Waals surface area contributed by atoms with Gasteiger partial charge < -0.3 is 0 Å². The number of hydrogen-bond donors (Lipinski definition) is 0. The summed E-state index contributed by atoms with van der Waals surface area (Å²) in [4.78, 5) is 2.61. The quantitative estimate of drug-likeness (QED) is 0.356. The van der Waals surface area contributed by atoms with Crippen LogP contribution < -0.4 is 3.12 Å². The molecule has 1 saturated heterocycles. The van der Waals surface area contributed by atoms with Crippen LogP contribution in [-0.2, 0) is 0 Å². The van der Waals surface area contributed by atoms with Gasteiger partial charge in [0.15, 0.2) is 0 Å². The van der Waals surface area contributed by atoms with Gasteiger partial charge in [-0.15, -0.1) is 0 Å². The molecule has 3 heteroatoms. The van der Waals surface area contributed by atoms with E-state index in [4.69, 9.17) is 0 Å². The Kier molecular flexibility index (Phi) is 8.08. The van der Waals surface area contributed by atoms with Crippen LogP contribution >= 0.6 is 11.8 Å². The van der Waals surface area contributed by atoms with E-state index in [-0.39, 0.29) is 0 Å². The monoisotopic (exact) mass is 545 g/mol. The van der Waals surface area contributed by atoms with E-state index >= 15 is 0 Å². The second kappa shape index (κ2) is 10.5. The van der Waals surface area contributed by atoms with E-state index < -0.39 is 24.2 Å². The fourth-order valence-corrected chi connectivity index (χ4v) is 12.8. The molecule has 0 spiro atoms. The van der Waals surface area contributed by atoms with Crippen molar-refractivity contribution in [2.75, 3.05) is 19.6 Å². The zero-order valence-corrected chi connectivity index (χ0v) is 19.5. The average Bonchev–Trinajstić information content (AvgIpc) is 2.68. The first-order valence-corrected chi connectivity index (χ1v) is 14.3. The zero-order valence-electron chi connectivity index (χ0n) is 14.8. The molecule has 3 rings (SSSR count). The maximum atomic E-state index is 3.85. The molecular weight excluding hydrogens is 518 g/mol. The van der Waals surface area contributed by atoms with Gasteiger partial charge in [-0.1, -0.05) is 0 Å². The molecule has 0 N–H and O–H groups in total. The van der Waals surface area contributed by atoms with E-state index in [0.717, 1.165) is 14.5 Å². The third-order valence-corrected chi connectivity index (χ3v) is 13.6. The molecule has 0 aromatic heterocycles. The van der Waals surface area contributed by atoms with Crippen LogP contribution in [0.3, 0.4) is 0 Å². The molecule has 0 saturated carbocycles.